The Bertz CT molecular complexity index is 632. The van der Waals surface area contributed by atoms with E-state index in [1.54, 1.807) is 0 Å². The molecule has 0 bridgehead atoms. The van der Waals surface area contributed by atoms with Crippen LogP contribution in [0, 0.1) is 5.92 Å². The van der Waals surface area contributed by atoms with Crippen molar-refractivity contribution in [2.45, 2.75) is 39.5 Å². The lowest BCUT2D eigenvalue weighted by molar-refractivity contribution is -0.123. The standard InChI is InChI=1S/C20H26N2O2.ClH/c1-3-15(2)19(21)20(23)22-13-16-9-11-17(12-10-16)14-24-18-7-5-4-6-8-18;/h4-12,15,19H,3,13-14,21H2,1-2H3,(H,22,23);1H. The molecular weight excluding hydrogens is 336 g/mol. The first-order valence-corrected chi connectivity index (χ1v) is 8.39. The van der Waals surface area contributed by atoms with Crippen LogP contribution in [-0.4, -0.2) is 11.9 Å². The maximum Gasteiger partial charge on any atom is 0.237 e. The molecule has 5 heteroatoms. The van der Waals surface area contributed by atoms with Gasteiger partial charge in [0, 0.05) is 6.54 Å². The zero-order valence-electron chi connectivity index (χ0n) is 14.8. The maximum absolute atomic E-state index is 12.0. The van der Waals surface area contributed by atoms with Crippen LogP contribution >= 0.6 is 12.4 Å². The molecule has 2 unspecified atom stereocenters. The van der Waals surface area contributed by atoms with Gasteiger partial charge >= 0.3 is 0 Å². The molecule has 0 fully saturated rings. The van der Waals surface area contributed by atoms with E-state index >= 15 is 0 Å². The highest BCUT2D eigenvalue weighted by Gasteiger charge is 2.18. The second kappa shape index (κ2) is 10.7. The topological polar surface area (TPSA) is 64.4 Å². The van der Waals surface area contributed by atoms with Crippen molar-refractivity contribution in [2.24, 2.45) is 11.7 Å². The number of para-hydroxylation sites is 1. The zero-order valence-corrected chi connectivity index (χ0v) is 15.6. The van der Waals surface area contributed by atoms with Crippen molar-refractivity contribution in [1.29, 1.82) is 0 Å². The Morgan fingerprint density at radius 2 is 1.68 bits per heavy atom. The third kappa shape index (κ3) is 6.77. The summed E-state index contributed by atoms with van der Waals surface area (Å²) in [7, 11) is 0. The first kappa shape index (κ1) is 21.0. The van der Waals surface area contributed by atoms with E-state index in [0.717, 1.165) is 23.3 Å². The number of hydrogen-bond donors (Lipinski definition) is 2. The minimum Gasteiger partial charge on any atom is -0.489 e. The van der Waals surface area contributed by atoms with Crippen molar-refractivity contribution in [1.82, 2.24) is 5.32 Å². The fourth-order valence-corrected chi connectivity index (χ4v) is 2.26. The van der Waals surface area contributed by atoms with Crippen molar-refractivity contribution in [3.63, 3.8) is 0 Å². The Balaban J connectivity index is 0.00000312. The molecule has 0 aromatic heterocycles. The molecule has 0 radical (unpaired) electrons. The molecule has 0 aliphatic rings. The van der Waals surface area contributed by atoms with Crippen LogP contribution in [0.1, 0.15) is 31.4 Å². The molecule has 2 aromatic rings. The summed E-state index contributed by atoms with van der Waals surface area (Å²) in [5.74, 6) is 0.941. The van der Waals surface area contributed by atoms with Gasteiger partial charge in [-0.1, -0.05) is 62.7 Å². The number of nitrogens with one attached hydrogen (secondary N) is 1. The van der Waals surface area contributed by atoms with Gasteiger partial charge in [-0.05, 0) is 29.2 Å². The first-order valence-electron chi connectivity index (χ1n) is 8.39. The normalized spacial score (nSPS) is 12.6. The Hall–Kier alpha value is -2.04. The lowest BCUT2D eigenvalue weighted by Crippen LogP contribution is -2.44. The van der Waals surface area contributed by atoms with Gasteiger partial charge in [0.05, 0.1) is 6.04 Å². The smallest absolute Gasteiger partial charge is 0.237 e. The third-order valence-corrected chi connectivity index (χ3v) is 4.20. The predicted octanol–water partition coefficient (Wildman–Crippen LogP) is 3.68. The van der Waals surface area contributed by atoms with Crippen LogP contribution in [0.4, 0.5) is 0 Å². The second-order valence-corrected chi connectivity index (χ2v) is 6.05. The first-order chi connectivity index (χ1) is 11.6. The molecule has 4 nitrogen and oxygen atoms in total. The van der Waals surface area contributed by atoms with Gasteiger partial charge in [0.2, 0.25) is 5.91 Å². The number of ether oxygens (including phenoxy) is 1. The molecule has 2 atom stereocenters. The van der Waals surface area contributed by atoms with Gasteiger partial charge in [-0.15, -0.1) is 12.4 Å². The number of carbonyl (C=O) groups is 1. The number of nitrogens with two attached hydrogens (primary N) is 1. The summed E-state index contributed by atoms with van der Waals surface area (Å²) >= 11 is 0. The molecule has 1 amide bonds. The van der Waals surface area contributed by atoms with Gasteiger partial charge in [0.25, 0.3) is 0 Å². The van der Waals surface area contributed by atoms with Crippen LogP contribution in [0.2, 0.25) is 0 Å². The van der Waals surface area contributed by atoms with E-state index in [-0.39, 0.29) is 24.2 Å². The van der Waals surface area contributed by atoms with E-state index in [0.29, 0.717) is 13.2 Å². The van der Waals surface area contributed by atoms with Crippen molar-refractivity contribution in [3.05, 3.63) is 65.7 Å². The van der Waals surface area contributed by atoms with Crippen LogP contribution < -0.4 is 15.8 Å². The van der Waals surface area contributed by atoms with Gasteiger partial charge in [-0.3, -0.25) is 4.79 Å². The van der Waals surface area contributed by atoms with Crippen LogP contribution in [-0.2, 0) is 17.9 Å². The number of carbonyl (C=O) groups excluding carboxylic acids is 1. The minimum absolute atomic E-state index is 0. The average molecular weight is 363 g/mol. The van der Waals surface area contributed by atoms with Crippen molar-refractivity contribution >= 4 is 18.3 Å². The molecule has 25 heavy (non-hydrogen) atoms. The van der Waals surface area contributed by atoms with Gasteiger partial charge in [0.15, 0.2) is 0 Å². The Kier molecular flexibility index (Phi) is 9.03. The van der Waals surface area contributed by atoms with E-state index in [4.69, 9.17) is 10.5 Å². The van der Waals surface area contributed by atoms with Gasteiger partial charge < -0.3 is 15.8 Å². The molecule has 0 aliphatic heterocycles. The largest absolute Gasteiger partial charge is 0.489 e. The van der Waals surface area contributed by atoms with Crippen molar-refractivity contribution in [2.75, 3.05) is 0 Å². The molecule has 0 spiro atoms. The molecule has 3 N–H and O–H groups in total. The van der Waals surface area contributed by atoms with Crippen LogP contribution in [0.25, 0.3) is 0 Å². The monoisotopic (exact) mass is 362 g/mol. The second-order valence-electron chi connectivity index (χ2n) is 6.05. The molecular formula is C20H27ClN2O2. The summed E-state index contributed by atoms with van der Waals surface area (Å²) in [4.78, 5) is 12.0. The van der Waals surface area contributed by atoms with Gasteiger partial charge in [0.1, 0.15) is 12.4 Å². The van der Waals surface area contributed by atoms with Crippen LogP contribution in [0.3, 0.4) is 0 Å². The summed E-state index contributed by atoms with van der Waals surface area (Å²) in [6.45, 7) is 5.04. The van der Waals surface area contributed by atoms with Crippen LogP contribution in [0.5, 0.6) is 5.75 Å². The lowest BCUT2D eigenvalue weighted by atomic mass is 9.99. The summed E-state index contributed by atoms with van der Waals surface area (Å²) in [5, 5.41) is 2.90. The summed E-state index contributed by atoms with van der Waals surface area (Å²) in [6.07, 6.45) is 0.894. The van der Waals surface area contributed by atoms with E-state index in [1.807, 2.05) is 68.4 Å². The highest BCUT2D eigenvalue weighted by atomic mass is 35.5. The molecule has 2 aromatic carbocycles. The van der Waals surface area contributed by atoms with E-state index in [9.17, 15) is 4.79 Å². The average Bonchev–Trinajstić information content (AvgIpc) is 2.64. The quantitative estimate of drug-likeness (QED) is 0.752. The highest BCUT2D eigenvalue weighted by molar-refractivity contribution is 5.85. The van der Waals surface area contributed by atoms with E-state index in [2.05, 4.69) is 5.32 Å². The maximum atomic E-state index is 12.0. The number of halogens is 1. The SMILES string of the molecule is CCC(C)C(N)C(=O)NCc1ccc(COc2ccccc2)cc1.Cl. The van der Waals surface area contributed by atoms with E-state index in [1.165, 1.54) is 0 Å². The summed E-state index contributed by atoms with van der Waals surface area (Å²) < 4.78 is 5.71. The number of amides is 1. The molecule has 136 valence electrons. The molecule has 0 heterocycles. The Morgan fingerprint density at radius 3 is 2.28 bits per heavy atom. The number of benzene rings is 2. The Morgan fingerprint density at radius 1 is 1.08 bits per heavy atom. The number of hydrogen-bond acceptors (Lipinski definition) is 3. The van der Waals surface area contributed by atoms with Crippen molar-refractivity contribution < 1.29 is 9.53 Å². The zero-order chi connectivity index (χ0) is 17.4. The fourth-order valence-electron chi connectivity index (χ4n) is 2.26. The molecule has 2 rings (SSSR count). The van der Waals surface area contributed by atoms with Crippen LogP contribution in [0.15, 0.2) is 54.6 Å². The summed E-state index contributed by atoms with van der Waals surface area (Å²) in [6, 6.07) is 17.3. The fraction of sp³-hybridized carbons (Fsp3) is 0.350. The molecule has 0 saturated heterocycles. The Labute approximate surface area is 156 Å². The molecule has 0 aliphatic carbocycles. The highest BCUT2D eigenvalue weighted by Crippen LogP contribution is 2.12. The lowest BCUT2D eigenvalue weighted by Gasteiger charge is -2.17. The van der Waals surface area contributed by atoms with Crippen molar-refractivity contribution in [3.8, 4) is 5.75 Å². The third-order valence-electron chi connectivity index (χ3n) is 4.20. The number of rotatable bonds is 8. The van der Waals surface area contributed by atoms with Gasteiger partial charge in [-0.2, -0.15) is 0 Å². The molecule has 0 saturated carbocycles. The minimum atomic E-state index is -0.450. The van der Waals surface area contributed by atoms with Gasteiger partial charge in [-0.25, -0.2) is 0 Å². The predicted molar refractivity (Wildman–Crippen MR) is 104 cm³/mol. The van der Waals surface area contributed by atoms with E-state index < -0.39 is 6.04 Å². The summed E-state index contributed by atoms with van der Waals surface area (Å²) in [5.41, 5.74) is 8.06.